The fourth-order valence-electron chi connectivity index (χ4n) is 3.62. The van der Waals surface area contributed by atoms with Crippen molar-refractivity contribution in [1.82, 2.24) is 9.88 Å². The van der Waals surface area contributed by atoms with E-state index in [9.17, 15) is 14.9 Å². The Labute approximate surface area is 170 Å². The first-order chi connectivity index (χ1) is 13.5. The number of benzene rings is 2. The summed E-state index contributed by atoms with van der Waals surface area (Å²) in [4.78, 5) is 30.5. The molecule has 1 aliphatic heterocycles. The highest BCUT2D eigenvalue weighted by Gasteiger charge is 2.23. The molecule has 0 bridgehead atoms. The van der Waals surface area contributed by atoms with Crippen LogP contribution in [0.1, 0.15) is 5.56 Å². The molecular formula is C20H19BrN4O3. The first-order valence-electron chi connectivity index (χ1n) is 9.04. The molecule has 2 aromatic carbocycles. The van der Waals surface area contributed by atoms with Crippen LogP contribution in [0.2, 0.25) is 0 Å². The number of piperazine rings is 1. The minimum absolute atomic E-state index is 0.0585. The number of halogens is 1. The third-order valence-corrected chi connectivity index (χ3v) is 5.77. The number of fused-ring (bicyclic) bond motifs is 1. The number of hydrogen-bond acceptors (Lipinski definition) is 4. The Morgan fingerprint density at radius 2 is 1.89 bits per heavy atom. The maximum atomic E-state index is 12.7. The van der Waals surface area contributed by atoms with Gasteiger partial charge in [-0.2, -0.15) is 0 Å². The number of anilines is 1. The van der Waals surface area contributed by atoms with Crippen LogP contribution in [0.5, 0.6) is 0 Å². The van der Waals surface area contributed by atoms with Crippen molar-refractivity contribution in [3.05, 3.63) is 68.8 Å². The van der Waals surface area contributed by atoms with Gasteiger partial charge in [0.25, 0.3) is 5.69 Å². The van der Waals surface area contributed by atoms with E-state index in [0.29, 0.717) is 37.1 Å². The molecule has 144 valence electrons. The molecule has 1 aliphatic rings. The molecule has 3 aromatic rings. The Balaban J connectivity index is 1.40. The molecule has 1 N–H and O–H groups in total. The Morgan fingerprint density at radius 1 is 1.14 bits per heavy atom. The topological polar surface area (TPSA) is 82.5 Å². The molecular weight excluding hydrogens is 424 g/mol. The fourth-order valence-corrected chi connectivity index (χ4v) is 4.23. The largest absolute Gasteiger partial charge is 0.367 e. The van der Waals surface area contributed by atoms with Crippen LogP contribution in [0.15, 0.2) is 53.1 Å². The highest BCUT2D eigenvalue weighted by Crippen LogP contribution is 2.31. The molecule has 2 heterocycles. The Bertz CT molecular complexity index is 1040. The maximum Gasteiger partial charge on any atom is 0.270 e. The quantitative estimate of drug-likeness (QED) is 0.492. The second kappa shape index (κ2) is 7.63. The van der Waals surface area contributed by atoms with Crippen molar-refractivity contribution in [3.63, 3.8) is 0 Å². The molecule has 1 fully saturated rings. The molecule has 0 spiro atoms. The van der Waals surface area contributed by atoms with Crippen LogP contribution in [-0.2, 0) is 11.2 Å². The van der Waals surface area contributed by atoms with E-state index in [0.717, 1.165) is 22.2 Å². The number of carbonyl (C=O) groups is 1. The fraction of sp³-hybridized carbons (Fsp3) is 0.250. The van der Waals surface area contributed by atoms with Crippen molar-refractivity contribution in [2.24, 2.45) is 0 Å². The van der Waals surface area contributed by atoms with Crippen LogP contribution in [0.25, 0.3) is 10.9 Å². The third-order valence-electron chi connectivity index (χ3n) is 5.13. The number of carbonyl (C=O) groups excluding carboxylic acids is 1. The normalized spacial score (nSPS) is 14.5. The lowest BCUT2D eigenvalue weighted by Gasteiger charge is -2.36. The number of nitro benzene ring substituents is 1. The predicted octanol–water partition coefficient (Wildman–Crippen LogP) is 3.73. The molecule has 28 heavy (non-hydrogen) atoms. The zero-order chi connectivity index (χ0) is 19.7. The first-order valence-corrected chi connectivity index (χ1v) is 9.84. The number of nitrogens with one attached hydrogen (secondary N) is 1. The number of rotatable bonds is 4. The van der Waals surface area contributed by atoms with E-state index in [1.807, 2.05) is 35.4 Å². The zero-order valence-corrected chi connectivity index (χ0v) is 16.7. The number of H-pyrrole nitrogens is 1. The minimum atomic E-state index is -0.407. The highest BCUT2D eigenvalue weighted by atomic mass is 79.9. The molecule has 0 aliphatic carbocycles. The molecule has 1 saturated heterocycles. The van der Waals surface area contributed by atoms with Gasteiger partial charge >= 0.3 is 0 Å². The van der Waals surface area contributed by atoms with Gasteiger partial charge < -0.3 is 14.8 Å². The van der Waals surface area contributed by atoms with E-state index in [4.69, 9.17) is 0 Å². The summed E-state index contributed by atoms with van der Waals surface area (Å²) >= 11 is 3.43. The zero-order valence-electron chi connectivity index (χ0n) is 15.1. The molecule has 0 saturated carbocycles. The van der Waals surface area contributed by atoms with Gasteiger partial charge in [0, 0.05) is 59.9 Å². The van der Waals surface area contributed by atoms with Gasteiger partial charge in [-0.15, -0.1) is 0 Å². The lowest BCUT2D eigenvalue weighted by atomic mass is 10.1. The van der Waals surface area contributed by atoms with Crippen LogP contribution < -0.4 is 4.90 Å². The number of nitrogens with zero attached hydrogens (tertiary/aromatic N) is 3. The van der Waals surface area contributed by atoms with Gasteiger partial charge in [-0.25, -0.2) is 0 Å². The molecule has 0 radical (unpaired) electrons. The number of non-ortho nitro benzene ring substituents is 1. The number of nitro groups is 1. The van der Waals surface area contributed by atoms with Crippen molar-refractivity contribution in [3.8, 4) is 0 Å². The first kappa shape index (κ1) is 18.5. The number of amides is 1. The smallest absolute Gasteiger partial charge is 0.270 e. The van der Waals surface area contributed by atoms with Crippen LogP contribution >= 0.6 is 15.9 Å². The summed E-state index contributed by atoms with van der Waals surface area (Å²) in [6, 6.07) is 12.8. The lowest BCUT2D eigenvalue weighted by molar-refractivity contribution is -0.384. The standard InChI is InChI=1S/C20H19BrN4O3/c21-17-12-15(25(27)28)5-6-19(17)23-7-9-24(10-8-23)20(26)11-14-13-22-18-4-2-1-3-16(14)18/h1-6,12-13,22H,7-11H2. The number of aromatic nitrogens is 1. The van der Waals surface area contributed by atoms with Gasteiger partial charge in [-0.1, -0.05) is 18.2 Å². The van der Waals surface area contributed by atoms with Crippen LogP contribution in [0, 0.1) is 10.1 Å². The summed E-state index contributed by atoms with van der Waals surface area (Å²) in [6.07, 6.45) is 2.29. The molecule has 1 amide bonds. The number of para-hydroxylation sites is 1. The van der Waals surface area contributed by atoms with E-state index >= 15 is 0 Å². The predicted molar refractivity (Wildman–Crippen MR) is 112 cm³/mol. The maximum absolute atomic E-state index is 12.7. The van der Waals surface area contributed by atoms with Gasteiger partial charge in [0.2, 0.25) is 5.91 Å². The van der Waals surface area contributed by atoms with Gasteiger partial charge in [-0.3, -0.25) is 14.9 Å². The second-order valence-corrected chi connectivity index (χ2v) is 7.65. The van der Waals surface area contributed by atoms with E-state index in [1.165, 1.54) is 12.1 Å². The van der Waals surface area contributed by atoms with Crippen molar-refractivity contribution in [1.29, 1.82) is 0 Å². The van der Waals surface area contributed by atoms with Crippen molar-refractivity contribution in [2.45, 2.75) is 6.42 Å². The molecule has 7 nitrogen and oxygen atoms in total. The lowest BCUT2D eigenvalue weighted by Crippen LogP contribution is -2.49. The SMILES string of the molecule is O=C(Cc1c[nH]c2ccccc12)N1CCN(c2ccc([N+](=O)[O-])cc2Br)CC1. The molecule has 0 unspecified atom stereocenters. The Hall–Kier alpha value is -2.87. The van der Waals surface area contributed by atoms with Crippen molar-refractivity contribution in [2.75, 3.05) is 31.1 Å². The minimum Gasteiger partial charge on any atom is -0.367 e. The van der Waals surface area contributed by atoms with Gasteiger partial charge in [-0.05, 0) is 33.6 Å². The summed E-state index contributed by atoms with van der Waals surface area (Å²) in [5, 5.41) is 12.0. The number of hydrogen-bond donors (Lipinski definition) is 1. The van der Waals surface area contributed by atoms with Crippen LogP contribution in [0.4, 0.5) is 11.4 Å². The number of aromatic amines is 1. The van der Waals surface area contributed by atoms with Gasteiger partial charge in [0.15, 0.2) is 0 Å². The van der Waals surface area contributed by atoms with Crippen LogP contribution in [-0.4, -0.2) is 46.9 Å². The Morgan fingerprint density at radius 3 is 2.61 bits per heavy atom. The average Bonchev–Trinajstić information content (AvgIpc) is 3.11. The van der Waals surface area contributed by atoms with Gasteiger partial charge in [0.1, 0.15) is 0 Å². The summed E-state index contributed by atoms with van der Waals surface area (Å²) < 4.78 is 0.695. The van der Waals surface area contributed by atoms with Crippen molar-refractivity contribution >= 4 is 44.1 Å². The van der Waals surface area contributed by atoms with Crippen LogP contribution in [0.3, 0.4) is 0 Å². The molecule has 0 atom stereocenters. The second-order valence-electron chi connectivity index (χ2n) is 6.80. The molecule has 1 aromatic heterocycles. The van der Waals surface area contributed by atoms with E-state index in [1.54, 1.807) is 6.07 Å². The van der Waals surface area contributed by atoms with E-state index in [-0.39, 0.29) is 11.6 Å². The van der Waals surface area contributed by atoms with Crippen molar-refractivity contribution < 1.29 is 9.72 Å². The summed E-state index contributed by atoms with van der Waals surface area (Å²) in [5.74, 6) is 0.118. The Kier molecular flexibility index (Phi) is 5.04. The third kappa shape index (κ3) is 3.60. The summed E-state index contributed by atoms with van der Waals surface area (Å²) in [6.45, 7) is 2.64. The highest BCUT2D eigenvalue weighted by molar-refractivity contribution is 9.10. The monoisotopic (exact) mass is 442 g/mol. The summed E-state index contributed by atoms with van der Waals surface area (Å²) in [5.41, 5.74) is 3.02. The van der Waals surface area contributed by atoms with Gasteiger partial charge in [0.05, 0.1) is 17.0 Å². The summed E-state index contributed by atoms with van der Waals surface area (Å²) in [7, 11) is 0. The average molecular weight is 443 g/mol. The molecule has 4 rings (SSSR count). The molecule has 8 heteroatoms. The van der Waals surface area contributed by atoms with E-state index < -0.39 is 4.92 Å². The van der Waals surface area contributed by atoms with E-state index in [2.05, 4.69) is 25.8 Å².